The first-order chi connectivity index (χ1) is 12.1. The van der Waals surface area contributed by atoms with Crippen molar-refractivity contribution >= 4 is 45.5 Å². The lowest BCUT2D eigenvalue weighted by atomic mass is 10.1. The molecule has 0 radical (unpaired) electrons. The van der Waals surface area contributed by atoms with E-state index in [0.717, 1.165) is 11.3 Å². The van der Waals surface area contributed by atoms with Gasteiger partial charge < -0.3 is 10.1 Å². The number of nitrogens with one attached hydrogen (secondary N) is 1. The predicted molar refractivity (Wildman–Crippen MR) is 94.9 cm³/mol. The van der Waals surface area contributed by atoms with E-state index < -0.39 is 11.9 Å². The first-order valence-electron chi connectivity index (χ1n) is 7.53. The Bertz CT molecular complexity index is 845. The molecular formula is C17H15N3O4S. The number of nitrogens with zero attached hydrogens (tertiary/aromatic N) is 2. The van der Waals surface area contributed by atoms with Crippen LogP contribution in [-0.4, -0.2) is 30.6 Å². The Hall–Kier alpha value is -3.00. The summed E-state index contributed by atoms with van der Waals surface area (Å²) < 4.78 is 4.64. The van der Waals surface area contributed by atoms with E-state index in [1.54, 1.807) is 36.4 Å². The monoisotopic (exact) mass is 357 g/mol. The Kier molecular flexibility index (Phi) is 4.90. The van der Waals surface area contributed by atoms with Crippen LogP contribution in [0.1, 0.15) is 22.5 Å². The molecule has 1 aliphatic rings. The molecule has 7 nitrogen and oxygen atoms in total. The Balaban J connectivity index is 1.76. The standard InChI is InChI=1S/C17H15N3O4S/c1-24-17(23)13-8-9-14(25-13)18-16(22)12-7-10-15(21)20(19-12)11-5-3-2-4-6-11/h2-6,8-9H,7,10H2,1H3,(H,18,22). The van der Waals surface area contributed by atoms with Gasteiger partial charge >= 0.3 is 5.97 Å². The molecule has 0 saturated heterocycles. The molecule has 1 aliphatic heterocycles. The maximum absolute atomic E-state index is 12.4. The van der Waals surface area contributed by atoms with Crippen LogP contribution in [0.15, 0.2) is 47.6 Å². The number of methoxy groups -OCH3 is 1. The average Bonchev–Trinajstić information content (AvgIpc) is 3.10. The molecule has 0 atom stereocenters. The molecule has 3 rings (SSSR count). The summed E-state index contributed by atoms with van der Waals surface area (Å²) in [6, 6.07) is 12.1. The van der Waals surface area contributed by atoms with Gasteiger partial charge in [-0.3, -0.25) is 9.59 Å². The van der Waals surface area contributed by atoms with E-state index in [1.807, 2.05) is 6.07 Å². The number of thiophene rings is 1. The lowest BCUT2D eigenvalue weighted by Crippen LogP contribution is -2.36. The summed E-state index contributed by atoms with van der Waals surface area (Å²) in [6.07, 6.45) is 0.474. The minimum absolute atomic E-state index is 0.160. The maximum Gasteiger partial charge on any atom is 0.348 e. The second-order valence-electron chi connectivity index (χ2n) is 5.20. The van der Waals surface area contributed by atoms with Crippen molar-refractivity contribution in [3.05, 3.63) is 47.3 Å². The molecule has 1 N–H and O–H groups in total. The van der Waals surface area contributed by atoms with Gasteiger partial charge in [0.05, 0.1) is 17.8 Å². The molecule has 2 aromatic rings. The van der Waals surface area contributed by atoms with Crippen LogP contribution in [0.3, 0.4) is 0 Å². The summed E-state index contributed by atoms with van der Waals surface area (Å²) in [5, 5.41) is 8.64. The molecule has 0 bridgehead atoms. The van der Waals surface area contributed by atoms with Crippen LogP contribution in [0.25, 0.3) is 0 Å². The molecular weight excluding hydrogens is 342 g/mol. The van der Waals surface area contributed by atoms with Crippen LogP contribution in [0.5, 0.6) is 0 Å². The summed E-state index contributed by atoms with van der Waals surface area (Å²) in [7, 11) is 1.30. The van der Waals surface area contributed by atoms with E-state index in [-0.39, 0.29) is 24.5 Å². The van der Waals surface area contributed by atoms with Crippen molar-refractivity contribution in [2.24, 2.45) is 5.10 Å². The van der Waals surface area contributed by atoms with Gasteiger partial charge in [-0.15, -0.1) is 11.3 Å². The fourth-order valence-corrected chi connectivity index (χ4v) is 3.11. The number of hydrogen-bond donors (Lipinski definition) is 1. The van der Waals surface area contributed by atoms with E-state index in [1.165, 1.54) is 12.1 Å². The lowest BCUT2D eigenvalue weighted by Gasteiger charge is -2.22. The number of hydrazone groups is 1. The molecule has 0 fully saturated rings. The molecule has 0 saturated carbocycles. The third-order valence-corrected chi connectivity index (χ3v) is 4.51. The van der Waals surface area contributed by atoms with Gasteiger partial charge in [-0.1, -0.05) is 18.2 Å². The average molecular weight is 357 g/mol. The summed E-state index contributed by atoms with van der Waals surface area (Å²) in [4.78, 5) is 36.3. The number of carbonyl (C=O) groups is 3. The van der Waals surface area contributed by atoms with Gasteiger partial charge in [0.15, 0.2) is 0 Å². The third-order valence-electron chi connectivity index (χ3n) is 3.52. The smallest absolute Gasteiger partial charge is 0.348 e. The Labute approximate surface area is 147 Å². The number of esters is 1. The van der Waals surface area contributed by atoms with Crippen LogP contribution in [0.2, 0.25) is 0 Å². The number of anilines is 2. The van der Waals surface area contributed by atoms with E-state index >= 15 is 0 Å². The molecule has 128 valence electrons. The molecule has 25 heavy (non-hydrogen) atoms. The van der Waals surface area contributed by atoms with Gasteiger partial charge in [-0.25, -0.2) is 9.80 Å². The largest absolute Gasteiger partial charge is 0.465 e. The molecule has 2 heterocycles. The van der Waals surface area contributed by atoms with Gasteiger partial charge in [0, 0.05) is 12.8 Å². The van der Waals surface area contributed by atoms with Crippen molar-refractivity contribution < 1.29 is 19.1 Å². The summed E-state index contributed by atoms with van der Waals surface area (Å²) >= 11 is 1.11. The quantitative estimate of drug-likeness (QED) is 0.852. The van der Waals surface area contributed by atoms with Crippen molar-refractivity contribution in [2.75, 3.05) is 17.4 Å². The zero-order valence-corrected chi connectivity index (χ0v) is 14.2. The van der Waals surface area contributed by atoms with Crippen LogP contribution in [0, 0.1) is 0 Å². The Morgan fingerprint density at radius 3 is 2.64 bits per heavy atom. The van der Waals surface area contributed by atoms with Gasteiger partial charge in [-0.05, 0) is 24.3 Å². The molecule has 2 amide bonds. The summed E-state index contributed by atoms with van der Waals surface area (Å²) in [5.41, 5.74) is 0.873. The van der Waals surface area contributed by atoms with Crippen LogP contribution < -0.4 is 10.3 Å². The highest BCUT2D eigenvalue weighted by atomic mass is 32.1. The van der Waals surface area contributed by atoms with Crippen molar-refractivity contribution in [3.63, 3.8) is 0 Å². The Morgan fingerprint density at radius 1 is 1.16 bits per heavy atom. The van der Waals surface area contributed by atoms with Crippen molar-refractivity contribution in [1.82, 2.24) is 0 Å². The topological polar surface area (TPSA) is 88.1 Å². The minimum Gasteiger partial charge on any atom is -0.465 e. The second kappa shape index (κ2) is 7.27. The van der Waals surface area contributed by atoms with E-state index in [2.05, 4.69) is 15.2 Å². The highest BCUT2D eigenvalue weighted by Gasteiger charge is 2.25. The summed E-state index contributed by atoms with van der Waals surface area (Å²) in [5.74, 6) is -1.01. The van der Waals surface area contributed by atoms with Crippen LogP contribution in [-0.2, 0) is 14.3 Å². The summed E-state index contributed by atoms with van der Waals surface area (Å²) in [6.45, 7) is 0. The fourth-order valence-electron chi connectivity index (χ4n) is 2.29. The molecule has 1 aromatic heterocycles. The van der Waals surface area contributed by atoms with Crippen molar-refractivity contribution in [2.45, 2.75) is 12.8 Å². The molecule has 0 unspecified atom stereocenters. The van der Waals surface area contributed by atoms with Crippen LogP contribution in [0.4, 0.5) is 10.7 Å². The lowest BCUT2D eigenvalue weighted by molar-refractivity contribution is -0.118. The molecule has 0 aliphatic carbocycles. The predicted octanol–water partition coefficient (Wildman–Crippen LogP) is 2.66. The highest BCUT2D eigenvalue weighted by molar-refractivity contribution is 7.18. The van der Waals surface area contributed by atoms with E-state index in [9.17, 15) is 14.4 Å². The van der Waals surface area contributed by atoms with Gasteiger partial charge in [0.2, 0.25) is 5.91 Å². The number of amides is 2. The zero-order chi connectivity index (χ0) is 17.8. The molecule has 8 heteroatoms. The maximum atomic E-state index is 12.4. The number of para-hydroxylation sites is 1. The molecule has 1 aromatic carbocycles. The molecule has 0 spiro atoms. The third kappa shape index (κ3) is 3.74. The highest BCUT2D eigenvalue weighted by Crippen LogP contribution is 2.24. The van der Waals surface area contributed by atoms with Crippen molar-refractivity contribution in [1.29, 1.82) is 0 Å². The van der Waals surface area contributed by atoms with Gasteiger partial charge in [0.25, 0.3) is 5.91 Å². The van der Waals surface area contributed by atoms with Crippen LogP contribution >= 0.6 is 11.3 Å². The van der Waals surface area contributed by atoms with Gasteiger partial charge in [0.1, 0.15) is 10.6 Å². The normalized spacial score (nSPS) is 14.0. The fraction of sp³-hybridized carbons (Fsp3) is 0.176. The first-order valence-corrected chi connectivity index (χ1v) is 8.35. The zero-order valence-electron chi connectivity index (χ0n) is 13.4. The van der Waals surface area contributed by atoms with Gasteiger partial charge in [-0.2, -0.15) is 5.10 Å². The van der Waals surface area contributed by atoms with E-state index in [4.69, 9.17) is 0 Å². The number of rotatable bonds is 4. The number of ether oxygens (including phenoxy) is 1. The minimum atomic E-state index is -0.457. The number of benzene rings is 1. The Morgan fingerprint density at radius 2 is 1.92 bits per heavy atom. The first kappa shape index (κ1) is 16.8. The number of hydrogen-bond acceptors (Lipinski definition) is 6. The van der Waals surface area contributed by atoms with E-state index in [0.29, 0.717) is 15.6 Å². The SMILES string of the molecule is COC(=O)c1ccc(NC(=O)C2=NN(c3ccccc3)C(=O)CC2)s1. The second-order valence-corrected chi connectivity index (χ2v) is 6.28. The van der Waals surface area contributed by atoms with Crippen molar-refractivity contribution in [3.8, 4) is 0 Å². The number of carbonyl (C=O) groups excluding carboxylic acids is 3.